The minimum atomic E-state index is -0.992. The molecule has 31 heavy (non-hydrogen) atoms. The topological polar surface area (TPSA) is 105 Å². The molecule has 2 aromatic rings. The maximum absolute atomic E-state index is 12.5. The van der Waals surface area contributed by atoms with E-state index in [0.29, 0.717) is 30.7 Å². The lowest BCUT2D eigenvalue weighted by Crippen LogP contribution is -2.17. The second-order valence-corrected chi connectivity index (χ2v) is 7.44. The Morgan fingerprint density at radius 2 is 1.97 bits per heavy atom. The van der Waals surface area contributed by atoms with E-state index >= 15 is 0 Å². The van der Waals surface area contributed by atoms with Gasteiger partial charge in [-0.15, -0.1) is 11.8 Å². The fraction of sp³-hybridized carbons (Fsp3) is 0.304. The van der Waals surface area contributed by atoms with Crippen molar-refractivity contribution < 1.29 is 29.3 Å². The summed E-state index contributed by atoms with van der Waals surface area (Å²) in [5.41, 5.74) is 1.39. The first-order valence-electron chi connectivity index (χ1n) is 9.86. The molecule has 3 N–H and O–H groups in total. The van der Waals surface area contributed by atoms with Crippen LogP contribution >= 0.6 is 11.8 Å². The molecule has 0 aliphatic rings. The number of hydrogen-bond acceptors (Lipinski definition) is 6. The summed E-state index contributed by atoms with van der Waals surface area (Å²) in [6.07, 6.45) is 5.22. The summed E-state index contributed by atoms with van der Waals surface area (Å²) in [7, 11) is 0. The van der Waals surface area contributed by atoms with Crippen molar-refractivity contribution in [2.24, 2.45) is 0 Å². The smallest absolute Gasteiger partial charge is 0.412 e. The maximum atomic E-state index is 12.5. The van der Waals surface area contributed by atoms with E-state index in [4.69, 9.17) is 19.7 Å². The van der Waals surface area contributed by atoms with Gasteiger partial charge < -0.3 is 19.7 Å². The predicted octanol–water partition coefficient (Wildman–Crippen LogP) is 4.88. The molecule has 8 heteroatoms. The number of rotatable bonds is 12. The van der Waals surface area contributed by atoms with Crippen molar-refractivity contribution >= 4 is 29.5 Å². The van der Waals surface area contributed by atoms with E-state index in [0.717, 1.165) is 16.5 Å². The molecule has 0 aliphatic heterocycles. The van der Waals surface area contributed by atoms with Crippen LogP contribution in [-0.4, -0.2) is 41.7 Å². The van der Waals surface area contributed by atoms with E-state index in [9.17, 15) is 9.59 Å². The molecule has 0 aliphatic carbocycles. The van der Waals surface area contributed by atoms with Crippen molar-refractivity contribution in [2.75, 3.05) is 24.8 Å². The molecule has 0 radical (unpaired) electrons. The molecular formula is C23H27NO6S. The molecule has 0 aromatic heterocycles. The van der Waals surface area contributed by atoms with Crippen LogP contribution in [0.1, 0.15) is 30.9 Å². The zero-order valence-electron chi connectivity index (χ0n) is 17.3. The fourth-order valence-corrected chi connectivity index (χ4v) is 3.23. The molecular weight excluding hydrogens is 418 g/mol. The molecule has 0 unspecified atom stereocenters. The van der Waals surface area contributed by atoms with Gasteiger partial charge in [0, 0.05) is 16.7 Å². The highest BCUT2D eigenvalue weighted by Crippen LogP contribution is 2.28. The van der Waals surface area contributed by atoms with Gasteiger partial charge in [-0.25, -0.2) is 9.59 Å². The van der Waals surface area contributed by atoms with Crippen LogP contribution in [0.5, 0.6) is 5.75 Å². The number of aliphatic hydroxyl groups excluding tert-OH is 1. The summed E-state index contributed by atoms with van der Waals surface area (Å²) >= 11 is 1.61. The van der Waals surface area contributed by atoms with Crippen molar-refractivity contribution in [3.05, 3.63) is 66.2 Å². The van der Waals surface area contributed by atoms with Gasteiger partial charge in [0.25, 0.3) is 0 Å². The van der Waals surface area contributed by atoms with Gasteiger partial charge in [0.2, 0.25) is 0 Å². The van der Waals surface area contributed by atoms with Crippen LogP contribution in [0.3, 0.4) is 0 Å². The number of aliphatic hydroxyl groups is 1. The third-order valence-corrected chi connectivity index (χ3v) is 5.02. The third kappa shape index (κ3) is 9.15. The molecule has 1 amide bonds. The lowest BCUT2D eigenvalue weighted by molar-refractivity contribution is -0.131. The Morgan fingerprint density at radius 3 is 2.65 bits per heavy atom. The molecule has 2 rings (SSSR count). The molecule has 0 spiro atoms. The number of thioether (sulfide) groups is 1. The number of amides is 1. The summed E-state index contributed by atoms with van der Waals surface area (Å²) in [5, 5.41) is 20.4. The number of allylic oxidation sites excluding steroid dienone is 1. The van der Waals surface area contributed by atoms with Crippen LogP contribution in [-0.2, 0) is 9.53 Å². The lowest BCUT2D eigenvalue weighted by atomic mass is 10.0. The minimum Gasteiger partial charge on any atom is -0.491 e. The Balaban J connectivity index is 2.06. The first kappa shape index (κ1) is 24.3. The number of ether oxygens (including phenoxy) is 2. The van der Waals surface area contributed by atoms with Gasteiger partial charge in [-0.05, 0) is 67.5 Å². The number of nitrogens with one attached hydrogen (secondary N) is 1. The highest BCUT2D eigenvalue weighted by Gasteiger charge is 2.17. The molecule has 166 valence electrons. The first-order chi connectivity index (χ1) is 15.0. The normalized spacial score (nSPS) is 11.8. The van der Waals surface area contributed by atoms with Gasteiger partial charge in [0.05, 0.1) is 6.61 Å². The Bertz CT molecular complexity index is 869. The number of aliphatic carboxylic acids is 1. The van der Waals surface area contributed by atoms with Crippen LogP contribution in [0.15, 0.2) is 65.6 Å². The summed E-state index contributed by atoms with van der Waals surface area (Å²) < 4.78 is 11.1. The van der Waals surface area contributed by atoms with Gasteiger partial charge in [0.15, 0.2) is 0 Å². The number of carboxylic acid groups (broad SMARTS) is 1. The van der Waals surface area contributed by atoms with Gasteiger partial charge in [-0.2, -0.15) is 0 Å². The minimum absolute atomic E-state index is 0.0994. The van der Waals surface area contributed by atoms with Gasteiger partial charge >= 0.3 is 12.1 Å². The van der Waals surface area contributed by atoms with Gasteiger partial charge in [-0.3, -0.25) is 5.32 Å². The van der Waals surface area contributed by atoms with Crippen LogP contribution in [0.25, 0.3) is 0 Å². The average molecular weight is 446 g/mol. The van der Waals surface area contributed by atoms with E-state index in [-0.39, 0.29) is 13.2 Å². The first-order valence-corrected chi connectivity index (χ1v) is 11.1. The molecule has 2 aromatic carbocycles. The third-order valence-electron chi connectivity index (χ3n) is 4.27. The Labute approximate surface area is 186 Å². The highest BCUT2D eigenvalue weighted by molar-refractivity contribution is 7.98. The standard InChI is InChI=1S/C23H27NO6S/c1-31-20-12-10-18(11-13-20)24-23(28)30-21(8-3-2-4-9-22(26)27)17-6-5-7-19(16-17)29-15-14-25/h4-7,9-13,16,21,25H,2-3,8,14-15H2,1H3,(H,24,28)(H,26,27)/b9-4+/t21-/m1/s1. The molecule has 0 fully saturated rings. The van der Waals surface area contributed by atoms with Crippen molar-refractivity contribution in [3.63, 3.8) is 0 Å². The second-order valence-electron chi connectivity index (χ2n) is 6.56. The molecule has 0 saturated heterocycles. The van der Waals surface area contributed by atoms with Crippen molar-refractivity contribution in [1.29, 1.82) is 0 Å². The fourth-order valence-electron chi connectivity index (χ4n) is 2.82. The number of carboxylic acids is 1. The number of carbonyl (C=O) groups excluding carboxylic acids is 1. The summed E-state index contributed by atoms with van der Waals surface area (Å²) in [4.78, 5) is 24.2. The Kier molecular flexibility index (Phi) is 10.5. The summed E-state index contributed by atoms with van der Waals surface area (Å²) in [6.45, 7) is 0.0687. The molecule has 0 heterocycles. The Morgan fingerprint density at radius 1 is 1.19 bits per heavy atom. The van der Waals surface area contributed by atoms with E-state index in [2.05, 4.69) is 5.32 Å². The average Bonchev–Trinajstić information content (AvgIpc) is 2.77. The van der Waals surface area contributed by atoms with Gasteiger partial charge in [0.1, 0.15) is 18.5 Å². The van der Waals surface area contributed by atoms with E-state index < -0.39 is 18.2 Å². The number of hydrogen-bond donors (Lipinski definition) is 3. The Hall–Kier alpha value is -2.97. The number of carbonyl (C=O) groups is 2. The van der Waals surface area contributed by atoms with Crippen molar-refractivity contribution in [3.8, 4) is 5.75 Å². The zero-order chi connectivity index (χ0) is 22.5. The number of anilines is 1. The monoisotopic (exact) mass is 445 g/mol. The second kappa shape index (κ2) is 13.4. The zero-order valence-corrected chi connectivity index (χ0v) is 18.1. The SMILES string of the molecule is CSc1ccc(NC(=O)O[C@H](CCC/C=C/C(=O)O)c2cccc(OCCO)c2)cc1. The number of benzene rings is 2. The predicted molar refractivity (Wildman–Crippen MR) is 121 cm³/mol. The van der Waals surface area contributed by atoms with Crippen LogP contribution < -0.4 is 10.1 Å². The summed E-state index contributed by atoms with van der Waals surface area (Å²) in [5.74, 6) is -0.424. The number of unbranched alkanes of at least 4 members (excludes halogenated alkanes) is 1. The van der Waals surface area contributed by atoms with E-state index in [1.807, 2.05) is 36.6 Å². The van der Waals surface area contributed by atoms with E-state index in [1.54, 1.807) is 36.0 Å². The molecule has 7 nitrogen and oxygen atoms in total. The largest absolute Gasteiger partial charge is 0.491 e. The molecule has 0 saturated carbocycles. The molecule has 0 bridgehead atoms. The lowest BCUT2D eigenvalue weighted by Gasteiger charge is -2.19. The van der Waals surface area contributed by atoms with Crippen LogP contribution in [0, 0.1) is 0 Å². The van der Waals surface area contributed by atoms with Gasteiger partial charge in [-0.1, -0.05) is 18.2 Å². The van der Waals surface area contributed by atoms with Crippen molar-refractivity contribution in [2.45, 2.75) is 30.3 Å². The summed E-state index contributed by atoms with van der Waals surface area (Å²) in [6, 6.07) is 14.6. The van der Waals surface area contributed by atoms with Crippen LogP contribution in [0.2, 0.25) is 0 Å². The van der Waals surface area contributed by atoms with E-state index in [1.165, 1.54) is 0 Å². The highest BCUT2D eigenvalue weighted by atomic mass is 32.2. The van der Waals surface area contributed by atoms with Crippen molar-refractivity contribution in [1.82, 2.24) is 0 Å². The molecule has 1 atom stereocenters. The quantitative estimate of drug-likeness (QED) is 0.243. The maximum Gasteiger partial charge on any atom is 0.412 e. The van der Waals surface area contributed by atoms with Crippen LogP contribution in [0.4, 0.5) is 10.5 Å².